The molecule has 1 heterocycles. The van der Waals surface area contributed by atoms with E-state index in [1.807, 2.05) is 13.8 Å². The lowest BCUT2D eigenvalue weighted by Gasteiger charge is -2.28. The van der Waals surface area contributed by atoms with Crippen molar-refractivity contribution in [3.05, 3.63) is 59.2 Å². The predicted octanol–water partition coefficient (Wildman–Crippen LogP) is 4.20. The van der Waals surface area contributed by atoms with Gasteiger partial charge in [0.1, 0.15) is 11.5 Å². The number of aliphatic hydroxyl groups excluding tert-OH is 1. The molecule has 1 saturated heterocycles. The Morgan fingerprint density at radius 1 is 1.08 bits per heavy atom. The van der Waals surface area contributed by atoms with Gasteiger partial charge in [0, 0.05) is 18.7 Å². The summed E-state index contributed by atoms with van der Waals surface area (Å²) in [7, 11) is 1.43. The molecule has 1 aliphatic rings. The van der Waals surface area contributed by atoms with Crippen LogP contribution in [0.3, 0.4) is 0 Å². The number of carbonyl (C=O) groups is 2. The first-order chi connectivity index (χ1) is 17.2. The summed E-state index contributed by atoms with van der Waals surface area (Å²) >= 11 is 0. The molecule has 0 aliphatic carbocycles. The van der Waals surface area contributed by atoms with Gasteiger partial charge in [-0.3, -0.25) is 9.59 Å². The maximum absolute atomic E-state index is 13.2. The Hall–Kier alpha value is -3.52. The molecule has 0 bridgehead atoms. The van der Waals surface area contributed by atoms with Crippen LogP contribution in [0, 0.1) is 5.92 Å². The third-order valence-electron chi connectivity index (χ3n) is 6.32. The highest BCUT2D eigenvalue weighted by Gasteiger charge is 2.46. The Morgan fingerprint density at radius 2 is 1.75 bits per heavy atom. The van der Waals surface area contributed by atoms with Crippen LogP contribution in [0.4, 0.5) is 0 Å². The number of hydrogen-bond acceptors (Lipinski definition) is 7. The van der Waals surface area contributed by atoms with Crippen molar-refractivity contribution < 1.29 is 29.3 Å². The lowest BCUT2D eigenvalue weighted by atomic mass is 9.95. The van der Waals surface area contributed by atoms with Gasteiger partial charge in [0.25, 0.3) is 11.7 Å². The number of Topliss-reactive ketones (excluding diaryl/α,β-unsaturated/α-hetero) is 1. The molecule has 194 valence electrons. The number of amides is 1. The molecule has 0 radical (unpaired) electrons. The predicted molar refractivity (Wildman–Crippen MR) is 138 cm³/mol. The second kappa shape index (κ2) is 11.9. The zero-order chi connectivity index (χ0) is 26.4. The third-order valence-corrected chi connectivity index (χ3v) is 6.32. The van der Waals surface area contributed by atoms with E-state index < -0.39 is 17.7 Å². The zero-order valence-electron chi connectivity index (χ0n) is 21.7. The molecule has 1 fully saturated rings. The van der Waals surface area contributed by atoms with Crippen LogP contribution in [0.1, 0.15) is 44.9 Å². The molecule has 3 rings (SSSR count). The lowest BCUT2D eigenvalue weighted by molar-refractivity contribution is -0.140. The summed E-state index contributed by atoms with van der Waals surface area (Å²) in [5, 5.41) is 21.4. The van der Waals surface area contributed by atoms with Crippen LogP contribution in [0.25, 0.3) is 5.76 Å². The minimum absolute atomic E-state index is 0.00291. The highest BCUT2D eigenvalue weighted by atomic mass is 16.5. The number of aromatic hydroxyl groups is 1. The Labute approximate surface area is 212 Å². The van der Waals surface area contributed by atoms with Crippen LogP contribution < -0.4 is 9.47 Å². The Bertz CT molecular complexity index is 1110. The molecule has 8 nitrogen and oxygen atoms in total. The molecule has 1 amide bonds. The van der Waals surface area contributed by atoms with E-state index in [4.69, 9.17) is 9.47 Å². The third kappa shape index (κ3) is 5.82. The van der Waals surface area contributed by atoms with E-state index in [0.717, 1.165) is 13.1 Å². The number of ketones is 1. The van der Waals surface area contributed by atoms with Crippen molar-refractivity contribution in [3.63, 3.8) is 0 Å². The van der Waals surface area contributed by atoms with Crippen LogP contribution in [0.2, 0.25) is 0 Å². The molecule has 0 spiro atoms. The number of carbonyl (C=O) groups excluding carboxylic acids is 2. The standard InChI is InChI=1S/C28H36N2O6/c1-6-29(7-2)14-15-30-25(20-10-13-22(31)23(16-20)35-5)24(27(33)28(30)34)26(32)19-8-11-21(12-9-19)36-17-18(3)4/h8-13,16,18,25,31-32H,6-7,14-15,17H2,1-5H3/t25-/m0/s1. The number of ether oxygens (including phenoxy) is 2. The molecule has 1 aliphatic heterocycles. The first-order valence-electron chi connectivity index (χ1n) is 12.3. The number of phenolic OH excluding ortho intramolecular Hbond substituents is 1. The molecular formula is C28H36N2O6. The summed E-state index contributed by atoms with van der Waals surface area (Å²) in [6.45, 7) is 11.2. The fraction of sp³-hybridized carbons (Fsp3) is 0.429. The summed E-state index contributed by atoms with van der Waals surface area (Å²) in [5.74, 6) is -0.493. The first kappa shape index (κ1) is 27.1. The number of hydrogen-bond donors (Lipinski definition) is 2. The van der Waals surface area contributed by atoms with E-state index in [2.05, 4.69) is 18.7 Å². The number of phenols is 1. The average molecular weight is 497 g/mol. The molecule has 2 aromatic rings. The van der Waals surface area contributed by atoms with Gasteiger partial charge in [0.15, 0.2) is 11.5 Å². The van der Waals surface area contributed by atoms with Gasteiger partial charge in [-0.1, -0.05) is 33.8 Å². The second-order valence-electron chi connectivity index (χ2n) is 9.18. The van der Waals surface area contributed by atoms with Crippen molar-refractivity contribution in [2.75, 3.05) is 39.9 Å². The van der Waals surface area contributed by atoms with E-state index in [9.17, 15) is 19.8 Å². The molecule has 0 unspecified atom stereocenters. The zero-order valence-corrected chi connectivity index (χ0v) is 21.7. The molecule has 8 heteroatoms. The van der Waals surface area contributed by atoms with E-state index in [0.29, 0.717) is 42.5 Å². The fourth-order valence-electron chi connectivity index (χ4n) is 4.24. The molecule has 2 N–H and O–H groups in total. The molecule has 0 aromatic heterocycles. The van der Waals surface area contributed by atoms with Gasteiger partial charge in [-0.05, 0) is 61.0 Å². The Balaban J connectivity index is 2.06. The fourth-order valence-corrected chi connectivity index (χ4v) is 4.24. The maximum atomic E-state index is 13.2. The van der Waals surface area contributed by atoms with Crippen LogP contribution >= 0.6 is 0 Å². The van der Waals surface area contributed by atoms with Crippen LogP contribution in [0.5, 0.6) is 17.2 Å². The highest BCUT2D eigenvalue weighted by molar-refractivity contribution is 6.46. The Morgan fingerprint density at radius 3 is 2.33 bits per heavy atom. The number of benzene rings is 2. The quantitative estimate of drug-likeness (QED) is 0.273. The van der Waals surface area contributed by atoms with E-state index in [1.54, 1.807) is 36.4 Å². The molecular weight excluding hydrogens is 460 g/mol. The first-order valence-corrected chi connectivity index (χ1v) is 12.3. The summed E-state index contributed by atoms with van der Waals surface area (Å²) in [6.07, 6.45) is 0. The summed E-state index contributed by atoms with van der Waals surface area (Å²) in [6, 6.07) is 10.7. The van der Waals surface area contributed by atoms with Crippen LogP contribution in [-0.2, 0) is 9.59 Å². The largest absolute Gasteiger partial charge is 0.507 e. The van der Waals surface area contributed by atoms with Gasteiger partial charge < -0.3 is 29.5 Å². The number of nitrogens with zero attached hydrogens (tertiary/aromatic N) is 2. The van der Waals surface area contributed by atoms with Crippen molar-refractivity contribution >= 4 is 17.4 Å². The molecule has 0 saturated carbocycles. The highest BCUT2D eigenvalue weighted by Crippen LogP contribution is 2.41. The SMILES string of the molecule is CCN(CC)CCN1C(=O)C(=O)C(=C(O)c2ccc(OCC(C)C)cc2)[C@@H]1c1ccc(O)c(OC)c1. The molecule has 1 atom stereocenters. The minimum Gasteiger partial charge on any atom is -0.507 e. The summed E-state index contributed by atoms with van der Waals surface area (Å²) < 4.78 is 11.0. The van der Waals surface area contributed by atoms with Gasteiger partial charge in [-0.2, -0.15) is 0 Å². The topological polar surface area (TPSA) is 99.5 Å². The van der Waals surface area contributed by atoms with E-state index in [-0.39, 0.29) is 22.8 Å². The molecule has 36 heavy (non-hydrogen) atoms. The van der Waals surface area contributed by atoms with Crippen molar-refractivity contribution in [2.45, 2.75) is 33.7 Å². The normalized spacial score (nSPS) is 17.3. The summed E-state index contributed by atoms with van der Waals surface area (Å²) in [5.41, 5.74) is 0.967. The second-order valence-corrected chi connectivity index (χ2v) is 9.18. The molecule has 2 aromatic carbocycles. The lowest BCUT2D eigenvalue weighted by Crippen LogP contribution is -2.38. The smallest absolute Gasteiger partial charge is 0.295 e. The monoisotopic (exact) mass is 496 g/mol. The number of aliphatic hydroxyl groups is 1. The van der Waals surface area contributed by atoms with Gasteiger partial charge in [0.05, 0.1) is 25.3 Å². The number of likely N-dealkylation sites (tertiary alicyclic amines) is 1. The summed E-state index contributed by atoms with van der Waals surface area (Å²) in [4.78, 5) is 30.0. The van der Waals surface area contributed by atoms with E-state index in [1.165, 1.54) is 18.1 Å². The van der Waals surface area contributed by atoms with Gasteiger partial charge in [-0.25, -0.2) is 0 Å². The van der Waals surface area contributed by atoms with Crippen LogP contribution in [0.15, 0.2) is 48.0 Å². The van der Waals surface area contributed by atoms with Crippen molar-refractivity contribution in [3.8, 4) is 17.2 Å². The van der Waals surface area contributed by atoms with Crippen LogP contribution in [-0.4, -0.2) is 71.6 Å². The van der Waals surface area contributed by atoms with Gasteiger partial charge in [0.2, 0.25) is 0 Å². The van der Waals surface area contributed by atoms with Gasteiger partial charge in [-0.15, -0.1) is 0 Å². The van der Waals surface area contributed by atoms with E-state index >= 15 is 0 Å². The number of likely N-dealkylation sites (N-methyl/N-ethyl adjacent to an activating group) is 1. The van der Waals surface area contributed by atoms with Crippen molar-refractivity contribution in [1.29, 1.82) is 0 Å². The number of methoxy groups -OCH3 is 1. The van der Waals surface area contributed by atoms with Crippen molar-refractivity contribution in [1.82, 2.24) is 9.80 Å². The average Bonchev–Trinajstić information content (AvgIpc) is 3.13. The van der Waals surface area contributed by atoms with Gasteiger partial charge >= 0.3 is 0 Å². The van der Waals surface area contributed by atoms with Crippen molar-refractivity contribution in [2.24, 2.45) is 5.92 Å². The Kier molecular flexibility index (Phi) is 8.98. The number of rotatable bonds is 11. The maximum Gasteiger partial charge on any atom is 0.295 e. The minimum atomic E-state index is -0.827.